The van der Waals surface area contributed by atoms with Gasteiger partial charge in [0.25, 0.3) is 5.91 Å². The first-order valence-corrected chi connectivity index (χ1v) is 7.52. The minimum Gasteiger partial charge on any atom is -0.369 e. The number of ketones is 1. The van der Waals surface area contributed by atoms with Crippen LogP contribution in [-0.2, 0) is 9.59 Å². The first kappa shape index (κ1) is 17.2. The van der Waals surface area contributed by atoms with E-state index in [0.717, 1.165) is 0 Å². The van der Waals surface area contributed by atoms with Gasteiger partial charge in [0, 0.05) is 10.3 Å². The number of rotatable bonds is 6. The van der Waals surface area contributed by atoms with Crippen molar-refractivity contribution >= 4 is 29.4 Å². The SMILES string of the molecule is CC(C)(C)C(=O)CNC(=O)c1ccccc1SCC(N)=O. The van der Waals surface area contributed by atoms with Gasteiger partial charge in [0.2, 0.25) is 5.91 Å². The smallest absolute Gasteiger partial charge is 0.252 e. The van der Waals surface area contributed by atoms with Gasteiger partial charge in [0.1, 0.15) is 0 Å². The van der Waals surface area contributed by atoms with Gasteiger partial charge in [-0.25, -0.2) is 0 Å². The highest BCUT2D eigenvalue weighted by Gasteiger charge is 2.22. The predicted octanol–water partition coefficient (Wildman–Crippen LogP) is 1.61. The molecule has 0 aliphatic rings. The van der Waals surface area contributed by atoms with Crippen LogP contribution in [0.4, 0.5) is 0 Å². The number of carbonyl (C=O) groups excluding carboxylic acids is 3. The number of primary amides is 1. The third-order valence-electron chi connectivity index (χ3n) is 2.75. The lowest BCUT2D eigenvalue weighted by molar-refractivity contribution is -0.125. The van der Waals surface area contributed by atoms with Gasteiger partial charge in [-0.15, -0.1) is 11.8 Å². The van der Waals surface area contributed by atoms with E-state index in [1.807, 2.05) is 0 Å². The standard InChI is InChI=1S/C15H20N2O3S/c1-15(2,3)12(18)8-17-14(20)10-6-4-5-7-11(10)21-9-13(16)19/h4-7H,8-9H2,1-3H3,(H2,16,19)(H,17,20). The molecule has 0 fully saturated rings. The van der Waals surface area contributed by atoms with Gasteiger partial charge in [0.15, 0.2) is 5.78 Å². The Morgan fingerprint density at radius 2 is 1.81 bits per heavy atom. The molecule has 6 heteroatoms. The maximum absolute atomic E-state index is 12.1. The van der Waals surface area contributed by atoms with Gasteiger partial charge in [-0.1, -0.05) is 32.9 Å². The Bertz CT molecular complexity index is 550. The van der Waals surface area contributed by atoms with Crippen molar-refractivity contribution in [3.8, 4) is 0 Å². The summed E-state index contributed by atoms with van der Waals surface area (Å²) in [6.07, 6.45) is 0. The van der Waals surface area contributed by atoms with Crippen LogP contribution in [0.25, 0.3) is 0 Å². The number of carbonyl (C=O) groups is 3. The molecule has 0 unspecified atom stereocenters. The van der Waals surface area contributed by atoms with Crippen molar-refractivity contribution in [1.82, 2.24) is 5.32 Å². The summed E-state index contributed by atoms with van der Waals surface area (Å²) in [4.78, 5) is 35.5. The largest absolute Gasteiger partial charge is 0.369 e. The van der Waals surface area contributed by atoms with Crippen molar-refractivity contribution in [3.63, 3.8) is 0 Å². The van der Waals surface area contributed by atoms with Crippen LogP contribution in [0.5, 0.6) is 0 Å². The number of hydrogen-bond donors (Lipinski definition) is 2. The number of Topliss-reactive ketones (excluding diaryl/α,β-unsaturated/α-hetero) is 1. The molecule has 0 aromatic heterocycles. The minimum absolute atomic E-state index is 0.0167. The van der Waals surface area contributed by atoms with E-state index in [9.17, 15) is 14.4 Å². The molecule has 2 amide bonds. The summed E-state index contributed by atoms with van der Waals surface area (Å²) >= 11 is 1.20. The predicted molar refractivity (Wildman–Crippen MR) is 83.2 cm³/mol. The van der Waals surface area contributed by atoms with Crippen LogP contribution in [-0.4, -0.2) is 29.9 Å². The van der Waals surface area contributed by atoms with E-state index in [2.05, 4.69) is 5.32 Å². The van der Waals surface area contributed by atoms with Crippen molar-refractivity contribution in [2.75, 3.05) is 12.3 Å². The fraction of sp³-hybridized carbons (Fsp3) is 0.400. The molecular formula is C15H20N2O3S. The summed E-state index contributed by atoms with van der Waals surface area (Å²) in [6.45, 7) is 5.39. The maximum Gasteiger partial charge on any atom is 0.252 e. The van der Waals surface area contributed by atoms with Gasteiger partial charge in [-0.2, -0.15) is 0 Å². The molecule has 0 bridgehead atoms. The lowest BCUT2D eigenvalue weighted by Crippen LogP contribution is -2.35. The lowest BCUT2D eigenvalue weighted by atomic mass is 9.91. The Hall–Kier alpha value is -1.82. The summed E-state index contributed by atoms with van der Waals surface area (Å²) < 4.78 is 0. The number of nitrogens with two attached hydrogens (primary N) is 1. The monoisotopic (exact) mass is 308 g/mol. The quantitative estimate of drug-likeness (QED) is 0.781. The topological polar surface area (TPSA) is 89.3 Å². The lowest BCUT2D eigenvalue weighted by Gasteiger charge is -2.17. The first-order valence-electron chi connectivity index (χ1n) is 6.53. The van der Waals surface area contributed by atoms with Crippen molar-refractivity contribution in [2.45, 2.75) is 25.7 Å². The molecule has 114 valence electrons. The van der Waals surface area contributed by atoms with E-state index < -0.39 is 11.3 Å². The molecule has 1 aromatic rings. The third-order valence-corrected chi connectivity index (χ3v) is 3.84. The van der Waals surface area contributed by atoms with E-state index in [4.69, 9.17) is 5.73 Å². The molecule has 1 rings (SSSR count). The highest BCUT2D eigenvalue weighted by Crippen LogP contribution is 2.22. The normalized spacial score (nSPS) is 11.0. The zero-order valence-electron chi connectivity index (χ0n) is 12.4. The zero-order chi connectivity index (χ0) is 16.0. The fourth-order valence-electron chi connectivity index (χ4n) is 1.45. The number of hydrogen-bond acceptors (Lipinski definition) is 4. The summed E-state index contributed by atoms with van der Waals surface area (Å²) in [5.41, 5.74) is 5.05. The van der Waals surface area contributed by atoms with E-state index in [1.54, 1.807) is 45.0 Å². The Balaban J connectivity index is 2.74. The second kappa shape index (κ2) is 7.26. The number of benzene rings is 1. The summed E-state index contributed by atoms with van der Waals surface area (Å²) in [7, 11) is 0. The minimum atomic E-state index is -0.493. The molecular weight excluding hydrogens is 288 g/mol. The van der Waals surface area contributed by atoms with Crippen LogP contribution in [0.15, 0.2) is 29.2 Å². The van der Waals surface area contributed by atoms with Crippen LogP contribution in [0, 0.1) is 5.41 Å². The van der Waals surface area contributed by atoms with Crippen molar-refractivity contribution < 1.29 is 14.4 Å². The second-order valence-corrected chi connectivity index (χ2v) is 6.62. The van der Waals surface area contributed by atoms with Gasteiger partial charge in [-0.05, 0) is 12.1 Å². The molecule has 0 heterocycles. The Morgan fingerprint density at radius 3 is 2.38 bits per heavy atom. The molecule has 0 atom stereocenters. The van der Waals surface area contributed by atoms with Crippen molar-refractivity contribution in [3.05, 3.63) is 29.8 Å². The van der Waals surface area contributed by atoms with Crippen molar-refractivity contribution in [1.29, 1.82) is 0 Å². The first-order chi connectivity index (χ1) is 9.71. The molecule has 0 aliphatic carbocycles. The molecule has 3 N–H and O–H groups in total. The third kappa shape index (κ3) is 5.59. The number of thioether (sulfide) groups is 1. The Kier molecular flexibility index (Phi) is 5.96. The number of amides is 2. The van der Waals surface area contributed by atoms with Gasteiger partial charge in [-0.3, -0.25) is 14.4 Å². The molecule has 1 aromatic carbocycles. The van der Waals surface area contributed by atoms with Gasteiger partial charge < -0.3 is 11.1 Å². The highest BCUT2D eigenvalue weighted by atomic mass is 32.2. The molecule has 0 aliphatic heterocycles. The van der Waals surface area contributed by atoms with Gasteiger partial charge >= 0.3 is 0 Å². The molecule has 0 radical (unpaired) electrons. The average molecular weight is 308 g/mol. The van der Waals surface area contributed by atoms with Crippen molar-refractivity contribution in [2.24, 2.45) is 11.1 Å². The maximum atomic E-state index is 12.1. The average Bonchev–Trinajstić information content (AvgIpc) is 2.41. The fourth-order valence-corrected chi connectivity index (χ4v) is 2.24. The van der Waals surface area contributed by atoms with Crippen LogP contribution in [0.3, 0.4) is 0 Å². The summed E-state index contributed by atoms with van der Waals surface area (Å²) in [5, 5.41) is 2.62. The van der Waals surface area contributed by atoms with E-state index >= 15 is 0 Å². The summed E-state index contributed by atoms with van der Waals surface area (Å²) in [6, 6.07) is 6.91. The highest BCUT2D eigenvalue weighted by molar-refractivity contribution is 8.00. The second-order valence-electron chi connectivity index (χ2n) is 5.61. The molecule has 0 saturated heterocycles. The summed E-state index contributed by atoms with van der Waals surface area (Å²) in [5.74, 6) is -0.720. The van der Waals surface area contributed by atoms with Crippen LogP contribution >= 0.6 is 11.8 Å². The Labute approximate surface area is 128 Å². The van der Waals surface area contributed by atoms with Crippen LogP contribution in [0.2, 0.25) is 0 Å². The Morgan fingerprint density at radius 1 is 1.19 bits per heavy atom. The van der Waals surface area contributed by atoms with Crippen LogP contribution in [0.1, 0.15) is 31.1 Å². The van der Waals surface area contributed by atoms with Crippen LogP contribution < -0.4 is 11.1 Å². The molecule has 0 spiro atoms. The zero-order valence-corrected chi connectivity index (χ0v) is 13.3. The van der Waals surface area contributed by atoms with E-state index in [0.29, 0.717) is 10.5 Å². The molecule has 21 heavy (non-hydrogen) atoms. The van der Waals surface area contributed by atoms with Gasteiger partial charge in [0.05, 0.1) is 17.9 Å². The molecule has 5 nitrogen and oxygen atoms in total. The molecule has 0 saturated carbocycles. The van der Waals surface area contributed by atoms with E-state index in [1.165, 1.54) is 11.8 Å². The van der Waals surface area contributed by atoms with E-state index in [-0.39, 0.29) is 24.0 Å². The number of nitrogens with one attached hydrogen (secondary N) is 1.